The third-order valence-corrected chi connectivity index (χ3v) is 6.14. The van der Waals surface area contributed by atoms with E-state index in [0.717, 1.165) is 61.2 Å². The number of nitrogens with one attached hydrogen (secondary N) is 1. The van der Waals surface area contributed by atoms with E-state index in [-0.39, 0.29) is 11.0 Å². The monoisotopic (exact) mass is 335 g/mol. The van der Waals surface area contributed by atoms with E-state index in [2.05, 4.69) is 15.4 Å². The van der Waals surface area contributed by atoms with Gasteiger partial charge in [0, 0.05) is 22.7 Å². The highest BCUT2D eigenvalue weighted by molar-refractivity contribution is 5.64. The van der Waals surface area contributed by atoms with Crippen LogP contribution in [0, 0.1) is 0 Å². The first-order valence-corrected chi connectivity index (χ1v) is 8.89. The van der Waals surface area contributed by atoms with Gasteiger partial charge in [-0.25, -0.2) is 0 Å². The molecular weight excluding hydrogens is 314 g/mol. The van der Waals surface area contributed by atoms with Crippen LogP contribution in [0.2, 0.25) is 0 Å². The van der Waals surface area contributed by atoms with Gasteiger partial charge in [-0.1, -0.05) is 29.4 Å². The van der Waals surface area contributed by atoms with Crippen LogP contribution in [0.1, 0.15) is 44.4 Å². The van der Waals surface area contributed by atoms with Crippen molar-refractivity contribution in [3.63, 3.8) is 0 Å². The first-order chi connectivity index (χ1) is 12.2. The van der Waals surface area contributed by atoms with Crippen LogP contribution < -0.4 is 5.73 Å². The Morgan fingerprint density at radius 3 is 2.24 bits per heavy atom. The molecule has 6 heteroatoms. The lowest BCUT2D eigenvalue weighted by Crippen LogP contribution is -2.53. The van der Waals surface area contributed by atoms with Gasteiger partial charge in [-0.3, -0.25) is 5.10 Å². The Morgan fingerprint density at radius 1 is 0.920 bits per heavy atom. The molecule has 0 saturated heterocycles. The normalized spacial score (nSPS) is 28.4. The number of nitrogens with zero attached hydrogens (tertiary/aromatic N) is 3. The average molecular weight is 335 g/mol. The van der Waals surface area contributed by atoms with Crippen LogP contribution in [0.3, 0.4) is 0 Å². The van der Waals surface area contributed by atoms with Crippen LogP contribution in [0.5, 0.6) is 0 Å². The van der Waals surface area contributed by atoms with E-state index in [4.69, 9.17) is 15.2 Å². The molecule has 0 radical (unpaired) electrons. The second-order valence-corrected chi connectivity index (χ2v) is 7.61. The van der Waals surface area contributed by atoms with Crippen LogP contribution in [-0.4, -0.2) is 25.9 Å². The molecule has 128 valence electrons. The molecule has 3 aliphatic rings. The zero-order valence-electron chi connectivity index (χ0n) is 14.0. The highest BCUT2D eigenvalue weighted by atomic mass is 16.5. The van der Waals surface area contributed by atoms with Crippen molar-refractivity contribution in [1.29, 1.82) is 0 Å². The molecule has 3 aliphatic carbocycles. The van der Waals surface area contributed by atoms with E-state index in [1.807, 2.05) is 30.3 Å². The van der Waals surface area contributed by atoms with Crippen LogP contribution in [0.25, 0.3) is 22.6 Å². The molecule has 3 N–H and O–H groups in total. The van der Waals surface area contributed by atoms with Crippen molar-refractivity contribution in [1.82, 2.24) is 20.3 Å². The number of aromatic amines is 1. The van der Waals surface area contributed by atoms with Crippen LogP contribution >= 0.6 is 0 Å². The largest absolute Gasteiger partial charge is 0.338 e. The van der Waals surface area contributed by atoms with Crippen molar-refractivity contribution in [2.75, 3.05) is 0 Å². The van der Waals surface area contributed by atoms with Gasteiger partial charge in [0.05, 0.1) is 5.69 Å². The van der Waals surface area contributed by atoms with Crippen LogP contribution in [-0.2, 0) is 5.41 Å². The summed E-state index contributed by atoms with van der Waals surface area (Å²) >= 11 is 0. The minimum Gasteiger partial charge on any atom is -0.338 e. The van der Waals surface area contributed by atoms with Crippen LogP contribution in [0.15, 0.2) is 41.1 Å². The molecule has 25 heavy (non-hydrogen) atoms. The number of H-pyrrole nitrogens is 1. The molecule has 0 unspecified atom stereocenters. The Hall–Kier alpha value is -2.47. The molecule has 0 aliphatic heterocycles. The smallest absolute Gasteiger partial charge is 0.233 e. The van der Waals surface area contributed by atoms with E-state index in [1.54, 1.807) is 6.20 Å². The lowest BCUT2D eigenvalue weighted by molar-refractivity contribution is 0.0805. The summed E-state index contributed by atoms with van der Waals surface area (Å²) in [7, 11) is 0. The highest BCUT2D eigenvalue weighted by Crippen LogP contribution is 2.52. The first-order valence-electron chi connectivity index (χ1n) is 8.89. The predicted molar refractivity (Wildman–Crippen MR) is 93.6 cm³/mol. The first kappa shape index (κ1) is 14.8. The van der Waals surface area contributed by atoms with Gasteiger partial charge in [-0.2, -0.15) is 10.1 Å². The number of fused-ring (bicyclic) bond motifs is 3. The number of nitrogens with two attached hydrogens (primary N) is 1. The quantitative estimate of drug-likeness (QED) is 0.765. The van der Waals surface area contributed by atoms with E-state index in [9.17, 15) is 0 Å². The summed E-state index contributed by atoms with van der Waals surface area (Å²) in [5.41, 5.74) is 9.55. The molecule has 3 aromatic rings. The number of hydrogen-bond donors (Lipinski definition) is 2. The van der Waals surface area contributed by atoms with Crippen molar-refractivity contribution < 1.29 is 4.52 Å². The van der Waals surface area contributed by atoms with Gasteiger partial charge in [0.15, 0.2) is 0 Å². The second-order valence-electron chi connectivity index (χ2n) is 7.61. The van der Waals surface area contributed by atoms with Gasteiger partial charge in [0.2, 0.25) is 11.7 Å². The second kappa shape index (κ2) is 5.26. The lowest BCUT2D eigenvalue weighted by Gasteiger charge is -2.49. The van der Waals surface area contributed by atoms with Crippen molar-refractivity contribution in [2.45, 2.75) is 49.5 Å². The maximum Gasteiger partial charge on any atom is 0.233 e. The SMILES string of the molecule is NC12CCC(c3nc(-c4ccc(-c5ccn[nH]5)cc4)no3)(CC1)CC2. The minimum absolute atomic E-state index is 0.0439. The van der Waals surface area contributed by atoms with E-state index in [1.165, 1.54) is 0 Å². The Morgan fingerprint density at radius 2 is 1.60 bits per heavy atom. The standard InChI is InChI=1S/C19H21N5O/c20-19-9-6-18(7-10-19,8-11-19)17-22-16(24-25-17)14-3-1-13(2-4-14)15-5-12-21-23-15/h1-5,12H,6-11,20H2,(H,21,23). The molecule has 2 bridgehead atoms. The fourth-order valence-corrected chi connectivity index (χ4v) is 4.31. The van der Waals surface area contributed by atoms with Crippen molar-refractivity contribution in [3.05, 3.63) is 42.4 Å². The molecule has 6 nitrogen and oxygen atoms in total. The fourth-order valence-electron chi connectivity index (χ4n) is 4.31. The molecule has 0 atom stereocenters. The highest BCUT2D eigenvalue weighted by Gasteiger charge is 2.50. The molecule has 0 spiro atoms. The van der Waals surface area contributed by atoms with Gasteiger partial charge >= 0.3 is 0 Å². The number of hydrogen-bond acceptors (Lipinski definition) is 5. The van der Waals surface area contributed by atoms with Gasteiger partial charge in [-0.05, 0) is 50.2 Å². The lowest BCUT2D eigenvalue weighted by atomic mass is 9.57. The molecule has 3 saturated carbocycles. The van der Waals surface area contributed by atoms with Crippen molar-refractivity contribution in [2.24, 2.45) is 5.73 Å². The Balaban J connectivity index is 1.41. The maximum atomic E-state index is 6.41. The zero-order valence-corrected chi connectivity index (χ0v) is 14.0. The summed E-state index contributed by atoms with van der Waals surface area (Å²) in [6.07, 6.45) is 8.10. The summed E-state index contributed by atoms with van der Waals surface area (Å²) in [5, 5.41) is 11.2. The summed E-state index contributed by atoms with van der Waals surface area (Å²) in [6, 6.07) is 10.1. The third kappa shape index (κ3) is 2.40. The van der Waals surface area contributed by atoms with Gasteiger partial charge in [0.25, 0.3) is 0 Å². The number of rotatable bonds is 3. The van der Waals surface area contributed by atoms with Gasteiger partial charge in [-0.15, -0.1) is 0 Å². The predicted octanol–water partition coefficient (Wildman–Crippen LogP) is 3.43. The van der Waals surface area contributed by atoms with E-state index < -0.39 is 0 Å². The summed E-state index contributed by atoms with van der Waals surface area (Å²) < 4.78 is 5.69. The summed E-state index contributed by atoms with van der Waals surface area (Å²) in [4.78, 5) is 4.75. The Bertz CT molecular complexity index is 856. The Kier molecular flexibility index (Phi) is 3.12. The van der Waals surface area contributed by atoms with Crippen molar-refractivity contribution in [3.8, 4) is 22.6 Å². The zero-order chi connectivity index (χ0) is 16.9. The fraction of sp³-hybridized carbons (Fsp3) is 0.421. The topological polar surface area (TPSA) is 93.6 Å². The minimum atomic E-state index is 0.0439. The van der Waals surface area contributed by atoms with E-state index in [0.29, 0.717) is 5.82 Å². The summed E-state index contributed by atoms with van der Waals surface area (Å²) in [6.45, 7) is 0. The molecule has 1 aromatic carbocycles. The number of aromatic nitrogens is 4. The maximum absolute atomic E-state index is 6.41. The molecular formula is C19H21N5O. The van der Waals surface area contributed by atoms with Gasteiger partial charge < -0.3 is 10.3 Å². The van der Waals surface area contributed by atoms with E-state index >= 15 is 0 Å². The number of benzene rings is 1. The molecule has 0 amide bonds. The average Bonchev–Trinajstić information content (AvgIpc) is 3.35. The van der Waals surface area contributed by atoms with Gasteiger partial charge in [0.1, 0.15) is 0 Å². The van der Waals surface area contributed by atoms with Crippen LogP contribution in [0.4, 0.5) is 0 Å². The third-order valence-electron chi connectivity index (χ3n) is 6.14. The molecule has 3 fully saturated rings. The molecule has 2 aromatic heterocycles. The Labute approximate surface area is 145 Å². The summed E-state index contributed by atoms with van der Waals surface area (Å²) in [5.74, 6) is 1.46. The molecule has 2 heterocycles. The van der Waals surface area contributed by atoms with Crippen molar-refractivity contribution >= 4 is 0 Å². The molecule has 6 rings (SSSR count).